The summed E-state index contributed by atoms with van der Waals surface area (Å²) in [6.45, 7) is 3.07. The summed E-state index contributed by atoms with van der Waals surface area (Å²) >= 11 is 11.4. The average molecular weight is 297 g/mol. The molecular formula is C14H17ClN2OS. The van der Waals surface area contributed by atoms with E-state index >= 15 is 0 Å². The van der Waals surface area contributed by atoms with Gasteiger partial charge in [0.2, 0.25) is 0 Å². The van der Waals surface area contributed by atoms with E-state index in [0.29, 0.717) is 9.86 Å². The van der Waals surface area contributed by atoms with Gasteiger partial charge in [-0.25, -0.2) is 0 Å². The number of hydrogen-bond acceptors (Lipinski definition) is 3. The number of likely N-dealkylation sites (tertiary alicyclic amines) is 1. The zero-order valence-electron chi connectivity index (χ0n) is 10.8. The summed E-state index contributed by atoms with van der Waals surface area (Å²) in [5.74, 6) is 0. The zero-order chi connectivity index (χ0) is 13.2. The Balaban J connectivity index is 1.93. The Labute approximate surface area is 122 Å². The minimum Gasteiger partial charge on any atom is -0.429 e. The van der Waals surface area contributed by atoms with Crippen LogP contribution in [0.25, 0.3) is 11.1 Å². The van der Waals surface area contributed by atoms with E-state index < -0.39 is 0 Å². The lowest BCUT2D eigenvalue weighted by Crippen LogP contribution is -2.27. The maximum absolute atomic E-state index is 6.07. The van der Waals surface area contributed by atoms with Crippen molar-refractivity contribution < 1.29 is 4.42 Å². The summed E-state index contributed by atoms with van der Waals surface area (Å²) in [7, 11) is 0. The van der Waals surface area contributed by atoms with Crippen molar-refractivity contribution in [3.63, 3.8) is 0 Å². The van der Waals surface area contributed by atoms with Crippen molar-refractivity contribution in [2.24, 2.45) is 0 Å². The molecule has 0 amide bonds. The van der Waals surface area contributed by atoms with Gasteiger partial charge in [-0.05, 0) is 56.3 Å². The summed E-state index contributed by atoms with van der Waals surface area (Å²) in [5.41, 5.74) is 1.80. The first kappa shape index (κ1) is 13.2. The van der Waals surface area contributed by atoms with Gasteiger partial charge in [-0.3, -0.25) is 9.47 Å². The fraction of sp³-hybridized carbons (Fsp3) is 0.500. The molecule has 1 fully saturated rings. The van der Waals surface area contributed by atoms with E-state index in [-0.39, 0.29) is 0 Å². The van der Waals surface area contributed by atoms with Gasteiger partial charge in [0.05, 0.1) is 12.2 Å². The van der Waals surface area contributed by atoms with Crippen molar-refractivity contribution in [2.75, 3.05) is 13.1 Å². The fourth-order valence-corrected chi connectivity index (χ4v) is 3.06. The first-order valence-electron chi connectivity index (χ1n) is 6.75. The van der Waals surface area contributed by atoms with Crippen LogP contribution in [-0.2, 0) is 6.67 Å². The Kier molecular flexibility index (Phi) is 3.91. The molecule has 0 bridgehead atoms. The summed E-state index contributed by atoms with van der Waals surface area (Å²) < 4.78 is 7.66. The van der Waals surface area contributed by atoms with E-state index in [0.717, 1.165) is 30.9 Å². The number of nitrogens with zero attached hydrogens (tertiary/aromatic N) is 2. The largest absolute Gasteiger partial charge is 0.429 e. The Hall–Kier alpha value is -0.840. The molecule has 2 heterocycles. The van der Waals surface area contributed by atoms with Crippen LogP contribution in [0.5, 0.6) is 0 Å². The zero-order valence-corrected chi connectivity index (χ0v) is 12.3. The number of benzene rings is 1. The first-order chi connectivity index (χ1) is 9.24. The molecular weight excluding hydrogens is 280 g/mol. The molecule has 1 aromatic heterocycles. The predicted octanol–water partition coefficient (Wildman–Crippen LogP) is 4.45. The normalized spacial score (nSPS) is 17.7. The fourth-order valence-electron chi connectivity index (χ4n) is 2.65. The third-order valence-corrected chi connectivity index (χ3v) is 4.21. The van der Waals surface area contributed by atoms with Crippen LogP contribution >= 0.6 is 23.8 Å². The quantitative estimate of drug-likeness (QED) is 0.764. The standard InChI is InChI=1S/C14H17ClN2OS/c15-11-5-6-13-12(9-11)17(14(19)18-13)10-16-7-3-1-2-4-8-16/h5-6,9H,1-4,7-8,10H2. The highest BCUT2D eigenvalue weighted by Gasteiger charge is 2.13. The van der Waals surface area contributed by atoms with E-state index in [4.69, 9.17) is 28.2 Å². The van der Waals surface area contributed by atoms with Gasteiger partial charge >= 0.3 is 0 Å². The van der Waals surface area contributed by atoms with Crippen LogP contribution in [0.2, 0.25) is 5.02 Å². The summed E-state index contributed by atoms with van der Waals surface area (Å²) in [4.78, 5) is 2.97. The molecule has 1 aliphatic heterocycles. The molecule has 102 valence electrons. The van der Waals surface area contributed by atoms with Crippen molar-refractivity contribution in [2.45, 2.75) is 32.4 Å². The number of oxazole rings is 1. The van der Waals surface area contributed by atoms with Crippen LogP contribution in [0, 0.1) is 4.84 Å². The van der Waals surface area contributed by atoms with E-state index in [9.17, 15) is 0 Å². The molecule has 3 nitrogen and oxygen atoms in total. The van der Waals surface area contributed by atoms with Crippen LogP contribution < -0.4 is 0 Å². The molecule has 0 unspecified atom stereocenters. The second kappa shape index (κ2) is 5.65. The predicted molar refractivity (Wildman–Crippen MR) is 80.1 cm³/mol. The van der Waals surface area contributed by atoms with Crippen LogP contribution in [0.15, 0.2) is 22.6 Å². The molecule has 5 heteroatoms. The lowest BCUT2D eigenvalue weighted by atomic mass is 10.2. The van der Waals surface area contributed by atoms with Gasteiger partial charge in [0.15, 0.2) is 5.58 Å². The second-order valence-electron chi connectivity index (χ2n) is 5.08. The Morgan fingerprint density at radius 3 is 2.63 bits per heavy atom. The molecule has 0 saturated carbocycles. The van der Waals surface area contributed by atoms with Crippen molar-refractivity contribution in [1.29, 1.82) is 0 Å². The lowest BCUT2D eigenvalue weighted by molar-refractivity contribution is 0.225. The highest BCUT2D eigenvalue weighted by molar-refractivity contribution is 7.71. The van der Waals surface area contributed by atoms with Gasteiger partial charge in [-0.15, -0.1) is 0 Å². The summed E-state index contributed by atoms with van der Waals surface area (Å²) in [6, 6.07) is 5.64. The SMILES string of the molecule is S=c1oc2ccc(Cl)cc2n1CN1CCCCCC1. The van der Waals surface area contributed by atoms with E-state index in [1.54, 1.807) is 0 Å². The molecule has 0 atom stereocenters. The molecule has 0 radical (unpaired) electrons. The maximum Gasteiger partial charge on any atom is 0.270 e. The minimum absolute atomic E-state index is 0.529. The summed E-state index contributed by atoms with van der Waals surface area (Å²) in [6.07, 6.45) is 5.20. The molecule has 0 spiro atoms. The van der Waals surface area contributed by atoms with Crippen molar-refractivity contribution in [3.8, 4) is 0 Å². The van der Waals surface area contributed by atoms with Crippen molar-refractivity contribution in [1.82, 2.24) is 9.47 Å². The van der Waals surface area contributed by atoms with Crippen molar-refractivity contribution >= 4 is 34.9 Å². The third kappa shape index (κ3) is 2.86. The molecule has 2 aromatic rings. The van der Waals surface area contributed by atoms with Gasteiger partial charge in [-0.2, -0.15) is 0 Å². The van der Waals surface area contributed by atoms with Gasteiger partial charge in [0.1, 0.15) is 0 Å². The third-order valence-electron chi connectivity index (χ3n) is 3.67. The molecule has 19 heavy (non-hydrogen) atoms. The highest BCUT2D eigenvalue weighted by Crippen LogP contribution is 2.22. The average Bonchev–Trinajstić information content (AvgIpc) is 2.58. The van der Waals surface area contributed by atoms with Gasteiger partial charge < -0.3 is 4.42 Å². The van der Waals surface area contributed by atoms with Gasteiger partial charge in [-0.1, -0.05) is 24.4 Å². The number of halogens is 1. The molecule has 1 aromatic carbocycles. The number of rotatable bonds is 2. The van der Waals surface area contributed by atoms with Crippen LogP contribution in [0.1, 0.15) is 25.7 Å². The minimum atomic E-state index is 0.529. The van der Waals surface area contributed by atoms with E-state index in [1.165, 1.54) is 25.7 Å². The lowest BCUT2D eigenvalue weighted by Gasteiger charge is -2.20. The van der Waals surface area contributed by atoms with E-state index in [1.807, 2.05) is 22.8 Å². The Bertz CT molecular complexity index is 626. The molecule has 0 aliphatic carbocycles. The Morgan fingerprint density at radius 1 is 1.16 bits per heavy atom. The monoisotopic (exact) mass is 296 g/mol. The van der Waals surface area contributed by atoms with Crippen LogP contribution in [-0.4, -0.2) is 22.6 Å². The highest BCUT2D eigenvalue weighted by atomic mass is 35.5. The maximum atomic E-state index is 6.07. The first-order valence-corrected chi connectivity index (χ1v) is 7.54. The van der Waals surface area contributed by atoms with E-state index in [2.05, 4.69) is 4.90 Å². The molecule has 3 rings (SSSR count). The molecule has 0 N–H and O–H groups in total. The number of fused-ring (bicyclic) bond motifs is 1. The Morgan fingerprint density at radius 2 is 1.89 bits per heavy atom. The second-order valence-corrected chi connectivity index (χ2v) is 5.87. The van der Waals surface area contributed by atoms with Gasteiger partial charge in [0.25, 0.3) is 4.84 Å². The van der Waals surface area contributed by atoms with Crippen molar-refractivity contribution in [3.05, 3.63) is 28.1 Å². The number of aromatic nitrogens is 1. The van der Waals surface area contributed by atoms with Crippen LogP contribution in [0.3, 0.4) is 0 Å². The molecule has 1 aliphatic rings. The smallest absolute Gasteiger partial charge is 0.270 e. The molecule has 1 saturated heterocycles. The topological polar surface area (TPSA) is 21.3 Å². The van der Waals surface area contributed by atoms with Crippen LogP contribution in [0.4, 0.5) is 0 Å². The number of hydrogen-bond donors (Lipinski definition) is 0. The van der Waals surface area contributed by atoms with Gasteiger partial charge in [0, 0.05) is 5.02 Å². The summed E-state index contributed by atoms with van der Waals surface area (Å²) in [5, 5.41) is 0.716.